The highest BCUT2D eigenvalue weighted by atomic mass is 28.3. The van der Waals surface area contributed by atoms with Crippen molar-refractivity contribution in [3.63, 3.8) is 0 Å². The number of benzene rings is 4. The summed E-state index contributed by atoms with van der Waals surface area (Å²) in [6.45, 7) is 19.6. The van der Waals surface area contributed by atoms with E-state index >= 15 is 0 Å². The molecule has 0 saturated carbocycles. The molecular formula is C41H50Si3. The predicted octanol–water partition coefficient (Wildman–Crippen LogP) is 10.6. The molecular weight excluding hydrogens is 577 g/mol. The van der Waals surface area contributed by atoms with Gasteiger partial charge in [0.25, 0.3) is 0 Å². The second-order valence-electron chi connectivity index (χ2n) is 15.5. The predicted molar refractivity (Wildman–Crippen MR) is 204 cm³/mol. The minimum absolute atomic E-state index is 1.11. The van der Waals surface area contributed by atoms with Gasteiger partial charge < -0.3 is 0 Å². The maximum Gasteiger partial charge on any atom is 0.106 e. The highest BCUT2D eigenvalue weighted by Crippen LogP contribution is 2.45. The van der Waals surface area contributed by atoms with Crippen molar-refractivity contribution in [1.29, 1.82) is 0 Å². The van der Waals surface area contributed by atoms with Gasteiger partial charge in [-0.2, -0.15) is 0 Å². The topological polar surface area (TPSA) is 0 Å². The Labute approximate surface area is 270 Å². The SMILES string of the molecule is CCCC[Si](C)(C1=Cc2c(cccc2-c2ccc([Si](C)(C)C)cc2)C1)C1=Cc2c(cccc2-c2ccc([Si](C)(C)C)cc2)C1. The van der Waals surface area contributed by atoms with Crippen LogP contribution in [-0.4, -0.2) is 24.2 Å². The van der Waals surface area contributed by atoms with E-state index in [0.29, 0.717) is 0 Å². The average Bonchev–Trinajstić information content (AvgIpc) is 3.65. The van der Waals surface area contributed by atoms with Crippen LogP contribution in [0.4, 0.5) is 0 Å². The Morgan fingerprint density at radius 2 is 0.932 bits per heavy atom. The molecule has 0 bridgehead atoms. The molecule has 0 unspecified atom stereocenters. The van der Waals surface area contributed by atoms with E-state index in [1.54, 1.807) is 10.4 Å². The molecule has 0 heterocycles. The third-order valence-corrected chi connectivity index (χ3v) is 19.3. The fraction of sp³-hybridized carbons (Fsp3) is 0.317. The van der Waals surface area contributed by atoms with Crippen LogP contribution in [0.15, 0.2) is 95.3 Å². The maximum atomic E-state index is 2.68. The van der Waals surface area contributed by atoms with Crippen LogP contribution >= 0.6 is 0 Å². The van der Waals surface area contributed by atoms with Crippen molar-refractivity contribution in [3.05, 3.63) is 118 Å². The first-order valence-electron chi connectivity index (χ1n) is 16.8. The second kappa shape index (κ2) is 11.7. The Morgan fingerprint density at radius 3 is 1.30 bits per heavy atom. The number of rotatable bonds is 9. The molecule has 4 aromatic rings. The molecule has 0 spiro atoms. The molecule has 0 nitrogen and oxygen atoms in total. The Bertz CT molecular complexity index is 1620. The number of hydrogen-bond acceptors (Lipinski definition) is 0. The van der Waals surface area contributed by atoms with Crippen molar-refractivity contribution in [2.75, 3.05) is 0 Å². The second-order valence-corrected chi connectivity index (χ2v) is 30.1. The lowest BCUT2D eigenvalue weighted by Crippen LogP contribution is -2.37. The van der Waals surface area contributed by atoms with Gasteiger partial charge in [-0.1, -0.05) is 189 Å². The van der Waals surface area contributed by atoms with Crippen LogP contribution in [0.3, 0.4) is 0 Å². The first-order chi connectivity index (χ1) is 20.9. The molecule has 0 N–H and O–H groups in total. The highest BCUT2D eigenvalue weighted by molar-refractivity contribution is 6.93. The number of fused-ring (bicyclic) bond motifs is 2. The minimum Gasteiger partial charge on any atom is -0.0712 e. The summed E-state index contributed by atoms with van der Waals surface area (Å²) in [4.78, 5) is 0. The third-order valence-electron chi connectivity index (χ3n) is 10.4. The Balaban J connectivity index is 1.37. The summed E-state index contributed by atoms with van der Waals surface area (Å²) >= 11 is 0. The summed E-state index contributed by atoms with van der Waals surface area (Å²) in [5.41, 5.74) is 11.5. The van der Waals surface area contributed by atoms with E-state index in [1.807, 2.05) is 0 Å². The van der Waals surface area contributed by atoms with Gasteiger partial charge in [-0.15, -0.1) is 0 Å². The minimum atomic E-state index is -1.88. The first kappa shape index (κ1) is 31.0. The zero-order chi connectivity index (χ0) is 31.3. The highest BCUT2D eigenvalue weighted by Gasteiger charge is 2.39. The molecule has 3 heteroatoms. The summed E-state index contributed by atoms with van der Waals surface area (Å²) in [6, 6.07) is 34.4. The number of unbranched alkanes of at least 4 members (excludes halogenated alkanes) is 1. The molecule has 0 saturated heterocycles. The van der Waals surface area contributed by atoms with Gasteiger partial charge >= 0.3 is 0 Å². The Morgan fingerprint density at radius 1 is 0.523 bits per heavy atom. The summed E-state index contributed by atoms with van der Waals surface area (Å²) < 4.78 is 0. The van der Waals surface area contributed by atoms with Crippen LogP contribution in [0.25, 0.3) is 34.4 Å². The molecule has 0 aromatic heterocycles. The molecule has 0 fully saturated rings. The number of hydrogen-bond donors (Lipinski definition) is 0. The van der Waals surface area contributed by atoms with Gasteiger partial charge in [-0.3, -0.25) is 0 Å². The van der Waals surface area contributed by atoms with Crippen LogP contribution in [0.2, 0.25) is 51.9 Å². The molecule has 0 atom stereocenters. The summed E-state index contributed by atoms with van der Waals surface area (Å²) in [7, 11) is -4.51. The molecule has 0 radical (unpaired) electrons. The molecule has 6 rings (SSSR count). The van der Waals surface area contributed by atoms with E-state index in [0.717, 1.165) is 12.8 Å². The van der Waals surface area contributed by atoms with Gasteiger partial charge in [0.05, 0.1) is 16.1 Å². The lowest BCUT2D eigenvalue weighted by atomic mass is 9.97. The Hall–Kier alpha value is -2.99. The van der Waals surface area contributed by atoms with Crippen LogP contribution in [0.5, 0.6) is 0 Å². The fourth-order valence-corrected chi connectivity index (χ4v) is 13.8. The zero-order valence-corrected chi connectivity index (χ0v) is 31.3. The molecule has 2 aliphatic carbocycles. The smallest absolute Gasteiger partial charge is 0.0712 e. The third kappa shape index (κ3) is 5.87. The van der Waals surface area contributed by atoms with E-state index in [-0.39, 0.29) is 0 Å². The molecule has 0 aliphatic heterocycles. The lowest BCUT2D eigenvalue weighted by Gasteiger charge is -2.31. The molecule has 44 heavy (non-hydrogen) atoms. The van der Waals surface area contributed by atoms with Crippen molar-refractivity contribution >= 4 is 46.7 Å². The summed E-state index contributed by atoms with van der Waals surface area (Å²) in [5.74, 6) is 0. The van der Waals surface area contributed by atoms with Gasteiger partial charge in [0, 0.05) is 0 Å². The molecule has 4 aromatic carbocycles. The van der Waals surface area contributed by atoms with Crippen LogP contribution in [0.1, 0.15) is 42.0 Å². The van der Waals surface area contributed by atoms with E-state index in [4.69, 9.17) is 0 Å². The van der Waals surface area contributed by atoms with Gasteiger partial charge in [-0.05, 0) is 57.3 Å². The largest absolute Gasteiger partial charge is 0.106 e. The van der Waals surface area contributed by atoms with E-state index in [9.17, 15) is 0 Å². The van der Waals surface area contributed by atoms with Crippen molar-refractivity contribution in [2.24, 2.45) is 0 Å². The maximum absolute atomic E-state index is 2.68. The number of allylic oxidation sites excluding steroid dienone is 2. The van der Waals surface area contributed by atoms with Gasteiger partial charge in [-0.25, -0.2) is 0 Å². The van der Waals surface area contributed by atoms with E-state index in [1.165, 1.54) is 73.8 Å². The van der Waals surface area contributed by atoms with Crippen molar-refractivity contribution in [2.45, 2.75) is 84.5 Å². The van der Waals surface area contributed by atoms with Crippen LogP contribution in [-0.2, 0) is 12.8 Å². The fourth-order valence-electron chi connectivity index (χ4n) is 7.31. The van der Waals surface area contributed by atoms with Gasteiger partial charge in [0.1, 0.15) is 8.07 Å². The first-order valence-corrected chi connectivity index (χ1v) is 26.5. The molecule has 0 amide bonds. The summed E-state index contributed by atoms with van der Waals surface area (Å²) in [6.07, 6.45) is 10.1. The Kier molecular flexibility index (Phi) is 8.28. The quantitative estimate of drug-likeness (QED) is 0.162. The van der Waals surface area contributed by atoms with Gasteiger partial charge in [0.2, 0.25) is 0 Å². The zero-order valence-electron chi connectivity index (χ0n) is 28.3. The van der Waals surface area contributed by atoms with E-state index in [2.05, 4.69) is 150 Å². The van der Waals surface area contributed by atoms with Crippen molar-refractivity contribution in [1.82, 2.24) is 0 Å². The van der Waals surface area contributed by atoms with Crippen molar-refractivity contribution < 1.29 is 0 Å². The average molecular weight is 627 g/mol. The van der Waals surface area contributed by atoms with Gasteiger partial charge in [0.15, 0.2) is 0 Å². The molecule has 2 aliphatic rings. The lowest BCUT2D eigenvalue weighted by molar-refractivity contribution is 0.867. The normalized spacial score (nSPS) is 14.7. The van der Waals surface area contributed by atoms with E-state index < -0.39 is 24.2 Å². The summed E-state index contributed by atoms with van der Waals surface area (Å²) in [5, 5.41) is 6.52. The monoisotopic (exact) mass is 626 g/mol. The van der Waals surface area contributed by atoms with Crippen LogP contribution < -0.4 is 10.4 Å². The van der Waals surface area contributed by atoms with Crippen LogP contribution in [0, 0.1) is 0 Å². The molecule has 226 valence electrons. The van der Waals surface area contributed by atoms with Crippen molar-refractivity contribution in [3.8, 4) is 22.3 Å². The standard InChI is InChI=1S/C41H50Si3/c1-9-10-25-44(8,36-26-32-13-11-15-38(40(32)28-36)30-17-21-34(22-18-30)42(2,3)4)37-27-33-14-12-16-39(41(33)29-37)31-19-23-35(24-20-31)43(5,6)7/h11-24,28-29H,9-10,25-27H2,1-8H3.